The number of halogens is 1. The van der Waals surface area contributed by atoms with Crippen molar-refractivity contribution in [3.8, 4) is 0 Å². The minimum Gasteiger partial charge on any atom is -0.336 e. The summed E-state index contributed by atoms with van der Waals surface area (Å²) in [6.07, 6.45) is 4.51. The second kappa shape index (κ2) is 9.61. The van der Waals surface area contributed by atoms with Crippen LogP contribution in [0.15, 0.2) is 65.7 Å². The molecule has 1 saturated heterocycles. The zero-order valence-corrected chi connectivity index (χ0v) is 19.3. The van der Waals surface area contributed by atoms with E-state index in [0.717, 1.165) is 17.4 Å². The van der Waals surface area contributed by atoms with E-state index in [2.05, 4.69) is 25.1 Å². The van der Waals surface area contributed by atoms with E-state index >= 15 is 0 Å². The van der Waals surface area contributed by atoms with Crippen molar-refractivity contribution in [2.24, 2.45) is 0 Å². The maximum atomic E-state index is 14.8. The predicted molar refractivity (Wildman–Crippen MR) is 131 cm³/mol. The van der Waals surface area contributed by atoms with Crippen molar-refractivity contribution in [2.45, 2.75) is 25.8 Å². The van der Waals surface area contributed by atoms with Crippen LogP contribution in [-0.4, -0.2) is 56.6 Å². The number of anilines is 1. The Kier molecular flexibility index (Phi) is 6.22. The molecule has 1 N–H and O–H groups in total. The van der Waals surface area contributed by atoms with Gasteiger partial charge in [0.05, 0.1) is 22.7 Å². The lowest BCUT2D eigenvalue weighted by Crippen LogP contribution is -2.40. The van der Waals surface area contributed by atoms with E-state index in [1.807, 2.05) is 19.1 Å². The number of carbonyl (C=O) groups excluding carboxylic acids is 1. The van der Waals surface area contributed by atoms with Crippen LogP contribution in [0.25, 0.3) is 10.8 Å². The highest BCUT2D eigenvalue weighted by molar-refractivity contribution is 5.95. The summed E-state index contributed by atoms with van der Waals surface area (Å²) in [4.78, 5) is 37.8. The SMILES string of the molecule is CCN(c1ncccn1)[C@H]1CCN(C(=O)c2cc(Cc3n[nH]c(=O)c4ccccc34)ccc2F)C1. The monoisotopic (exact) mass is 472 g/mol. The zero-order chi connectivity index (χ0) is 24.4. The summed E-state index contributed by atoms with van der Waals surface area (Å²) in [7, 11) is 0. The molecule has 3 heterocycles. The van der Waals surface area contributed by atoms with E-state index in [0.29, 0.717) is 43.1 Å². The fraction of sp³-hybridized carbons (Fsp3) is 0.269. The van der Waals surface area contributed by atoms with Gasteiger partial charge in [0.2, 0.25) is 5.95 Å². The Balaban J connectivity index is 1.36. The molecule has 5 rings (SSSR count). The fourth-order valence-corrected chi connectivity index (χ4v) is 4.70. The van der Waals surface area contributed by atoms with Gasteiger partial charge >= 0.3 is 0 Å². The number of aromatic amines is 1. The Morgan fingerprint density at radius 2 is 1.91 bits per heavy atom. The molecule has 35 heavy (non-hydrogen) atoms. The molecule has 0 spiro atoms. The molecule has 178 valence electrons. The molecule has 1 fully saturated rings. The molecular formula is C26H25FN6O2. The van der Waals surface area contributed by atoms with Crippen molar-refractivity contribution >= 4 is 22.6 Å². The smallest absolute Gasteiger partial charge is 0.272 e. The minimum absolute atomic E-state index is 0.0379. The van der Waals surface area contributed by atoms with Gasteiger partial charge in [0.25, 0.3) is 11.5 Å². The molecule has 4 aromatic rings. The molecule has 0 saturated carbocycles. The third kappa shape index (κ3) is 4.49. The van der Waals surface area contributed by atoms with Gasteiger partial charge in [-0.1, -0.05) is 24.3 Å². The van der Waals surface area contributed by atoms with Crippen LogP contribution in [0.1, 0.15) is 35.0 Å². The summed E-state index contributed by atoms with van der Waals surface area (Å²) in [5.41, 5.74) is 1.18. The summed E-state index contributed by atoms with van der Waals surface area (Å²) in [6, 6.07) is 13.6. The number of carbonyl (C=O) groups is 1. The Hall–Kier alpha value is -4.14. The fourth-order valence-electron chi connectivity index (χ4n) is 4.70. The van der Waals surface area contributed by atoms with Crippen LogP contribution >= 0.6 is 0 Å². The van der Waals surface area contributed by atoms with Crippen molar-refractivity contribution in [3.63, 3.8) is 0 Å². The largest absolute Gasteiger partial charge is 0.336 e. The number of fused-ring (bicyclic) bond motifs is 1. The zero-order valence-electron chi connectivity index (χ0n) is 19.3. The molecule has 2 aromatic heterocycles. The highest BCUT2D eigenvalue weighted by atomic mass is 19.1. The van der Waals surface area contributed by atoms with Gasteiger partial charge in [0, 0.05) is 43.8 Å². The van der Waals surface area contributed by atoms with Crippen LogP contribution in [0, 0.1) is 5.82 Å². The average Bonchev–Trinajstić information content (AvgIpc) is 3.37. The quantitative estimate of drug-likeness (QED) is 0.463. The molecule has 0 radical (unpaired) electrons. The van der Waals surface area contributed by atoms with Crippen LogP contribution in [0.3, 0.4) is 0 Å². The molecule has 1 aliphatic heterocycles. The summed E-state index contributed by atoms with van der Waals surface area (Å²) < 4.78 is 14.8. The topological polar surface area (TPSA) is 95.1 Å². The van der Waals surface area contributed by atoms with Crippen LogP contribution in [0.5, 0.6) is 0 Å². The highest BCUT2D eigenvalue weighted by Crippen LogP contribution is 2.24. The second-order valence-electron chi connectivity index (χ2n) is 8.56. The van der Waals surface area contributed by atoms with E-state index in [-0.39, 0.29) is 23.1 Å². The summed E-state index contributed by atoms with van der Waals surface area (Å²) in [5, 5.41) is 8.00. The van der Waals surface area contributed by atoms with Crippen LogP contribution in [0.4, 0.5) is 10.3 Å². The van der Waals surface area contributed by atoms with Gasteiger partial charge in [-0.15, -0.1) is 0 Å². The predicted octanol–water partition coefficient (Wildman–Crippen LogP) is 3.18. The van der Waals surface area contributed by atoms with E-state index in [1.165, 1.54) is 6.07 Å². The first-order chi connectivity index (χ1) is 17.0. The Labute approximate surface area is 201 Å². The third-order valence-electron chi connectivity index (χ3n) is 6.45. The van der Waals surface area contributed by atoms with Gasteiger partial charge in [-0.05, 0) is 43.2 Å². The number of hydrogen-bond acceptors (Lipinski definition) is 6. The number of likely N-dealkylation sites (tertiary alicyclic amines) is 1. The molecular weight excluding hydrogens is 447 g/mol. The van der Waals surface area contributed by atoms with Crippen molar-refractivity contribution < 1.29 is 9.18 Å². The lowest BCUT2D eigenvalue weighted by Gasteiger charge is -2.27. The number of hydrogen-bond donors (Lipinski definition) is 1. The molecule has 2 aromatic carbocycles. The third-order valence-corrected chi connectivity index (χ3v) is 6.45. The number of benzene rings is 2. The van der Waals surface area contributed by atoms with Gasteiger partial charge in [-0.2, -0.15) is 5.10 Å². The van der Waals surface area contributed by atoms with Crippen molar-refractivity contribution in [1.29, 1.82) is 0 Å². The normalized spacial score (nSPS) is 15.5. The standard InChI is InChI=1S/C26H25FN6O2/c1-2-33(26-28-11-5-12-29-26)18-10-13-32(16-18)25(35)21-14-17(8-9-22(21)27)15-23-19-6-3-4-7-20(19)24(34)31-30-23/h3-9,11-12,14,18H,2,10,13,15-16H2,1H3,(H,31,34)/t18-/m0/s1. The second-order valence-corrected chi connectivity index (χ2v) is 8.56. The van der Waals surface area contributed by atoms with Crippen molar-refractivity contribution in [1.82, 2.24) is 25.1 Å². The van der Waals surface area contributed by atoms with Gasteiger partial charge < -0.3 is 9.80 Å². The van der Waals surface area contributed by atoms with E-state index in [4.69, 9.17) is 0 Å². The lowest BCUT2D eigenvalue weighted by molar-refractivity contribution is 0.0786. The Bertz CT molecular complexity index is 1420. The van der Waals surface area contributed by atoms with Crippen molar-refractivity contribution in [3.05, 3.63) is 93.9 Å². The van der Waals surface area contributed by atoms with Gasteiger partial charge in [-0.25, -0.2) is 19.5 Å². The van der Waals surface area contributed by atoms with Gasteiger partial charge in [-0.3, -0.25) is 9.59 Å². The molecule has 0 unspecified atom stereocenters. The Morgan fingerprint density at radius 1 is 1.14 bits per heavy atom. The lowest BCUT2D eigenvalue weighted by atomic mass is 10.0. The maximum absolute atomic E-state index is 14.8. The van der Waals surface area contributed by atoms with E-state index in [9.17, 15) is 14.0 Å². The van der Waals surface area contributed by atoms with Crippen LogP contribution in [-0.2, 0) is 6.42 Å². The molecule has 1 atom stereocenters. The summed E-state index contributed by atoms with van der Waals surface area (Å²) in [6.45, 7) is 3.74. The number of likely N-dealkylation sites (N-methyl/N-ethyl adjacent to an activating group) is 1. The summed E-state index contributed by atoms with van der Waals surface area (Å²) >= 11 is 0. The summed E-state index contributed by atoms with van der Waals surface area (Å²) in [5.74, 6) is -0.264. The molecule has 9 heteroatoms. The first-order valence-corrected chi connectivity index (χ1v) is 11.6. The molecule has 8 nitrogen and oxygen atoms in total. The number of rotatable bonds is 6. The molecule has 0 bridgehead atoms. The number of amides is 1. The molecule has 1 aliphatic rings. The first kappa shape index (κ1) is 22.6. The van der Waals surface area contributed by atoms with Crippen LogP contribution in [0.2, 0.25) is 0 Å². The molecule has 1 amide bonds. The van der Waals surface area contributed by atoms with Crippen LogP contribution < -0.4 is 10.5 Å². The van der Waals surface area contributed by atoms with Crippen molar-refractivity contribution in [2.75, 3.05) is 24.5 Å². The Morgan fingerprint density at radius 3 is 2.69 bits per heavy atom. The van der Waals surface area contributed by atoms with E-state index in [1.54, 1.807) is 47.6 Å². The number of aromatic nitrogens is 4. The van der Waals surface area contributed by atoms with E-state index < -0.39 is 5.82 Å². The maximum Gasteiger partial charge on any atom is 0.272 e. The first-order valence-electron chi connectivity index (χ1n) is 11.6. The molecule has 0 aliphatic carbocycles. The number of nitrogens with zero attached hydrogens (tertiary/aromatic N) is 5. The highest BCUT2D eigenvalue weighted by Gasteiger charge is 2.32. The van der Waals surface area contributed by atoms with Gasteiger partial charge in [0.1, 0.15) is 5.82 Å². The number of H-pyrrole nitrogens is 1. The average molecular weight is 473 g/mol. The number of nitrogens with one attached hydrogen (secondary N) is 1. The van der Waals surface area contributed by atoms with Gasteiger partial charge in [0.15, 0.2) is 0 Å². The minimum atomic E-state index is -0.555.